The van der Waals surface area contributed by atoms with Crippen LogP contribution in [-0.2, 0) is 4.79 Å². The van der Waals surface area contributed by atoms with Crippen LogP contribution in [0.5, 0.6) is 0 Å². The van der Waals surface area contributed by atoms with Crippen molar-refractivity contribution in [3.8, 4) is 0 Å². The third kappa shape index (κ3) is 2.40. The summed E-state index contributed by atoms with van der Waals surface area (Å²) in [6.07, 6.45) is 4.89. The number of rotatable bonds is 3. The normalized spacial score (nSPS) is 26.9. The number of nitrogens with two attached hydrogens (primary N) is 1. The van der Waals surface area contributed by atoms with E-state index in [1.807, 2.05) is 18.7 Å². The monoisotopic (exact) mass is 226 g/mol. The Morgan fingerprint density at radius 2 is 1.69 bits per heavy atom. The Labute approximate surface area is 99.4 Å². The Kier molecular flexibility index (Phi) is 4.36. The minimum absolute atomic E-state index is 0.150. The van der Waals surface area contributed by atoms with Gasteiger partial charge in [-0.3, -0.25) is 4.79 Å². The molecule has 0 bridgehead atoms. The predicted octanol–water partition coefficient (Wildman–Crippen LogP) is 2.29. The fourth-order valence-corrected chi connectivity index (χ4v) is 2.63. The number of carbonyl (C=O) groups is 1. The van der Waals surface area contributed by atoms with Gasteiger partial charge in [-0.05, 0) is 46.0 Å². The molecule has 0 radical (unpaired) electrons. The van der Waals surface area contributed by atoms with Crippen molar-refractivity contribution in [3.05, 3.63) is 0 Å². The number of nitrogens with zero attached hydrogens (tertiary/aromatic N) is 1. The fraction of sp³-hybridized carbons (Fsp3) is 0.923. The maximum atomic E-state index is 12.5. The molecule has 3 heteroatoms. The van der Waals surface area contributed by atoms with E-state index in [9.17, 15) is 4.79 Å². The molecule has 3 nitrogen and oxygen atoms in total. The first-order valence-corrected chi connectivity index (χ1v) is 6.58. The zero-order chi connectivity index (χ0) is 12.3. The molecule has 0 aromatic heterocycles. The van der Waals surface area contributed by atoms with Crippen molar-refractivity contribution in [1.29, 1.82) is 0 Å². The lowest BCUT2D eigenvalue weighted by atomic mass is 9.88. The molecular formula is C13H26N2O. The minimum Gasteiger partial charge on any atom is -0.336 e. The van der Waals surface area contributed by atoms with E-state index >= 15 is 0 Å². The summed E-state index contributed by atoms with van der Waals surface area (Å²) in [4.78, 5) is 14.5. The second kappa shape index (κ2) is 5.17. The fourth-order valence-electron chi connectivity index (χ4n) is 2.63. The number of carbonyl (C=O) groups excluding carboxylic acids is 1. The van der Waals surface area contributed by atoms with E-state index in [0.29, 0.717) is 12.1 Å². The molecule has 0 spiro atoms. The molecule has 0 aliphatic carbocycles. The molecule has 1 amide bonds. The van der Waals surface area contributed by atoms with Crippen LogP contribution in [0, 0.1) is 0 Å². The van der Waals surface area contributed by atoms with Gasteiger partial charge in [-0.25, -0.2) is 0 Å². The van der Waals surface area contributed by atoms with Crippen molar-refractivity contribution in [2.75, 3.05) is 0 Å². The highest BCUT2D eigenvalue weighted by molar-refractivity contribution is 5.86. The van der Waals surface area contributed by atoms with E-state index < -0.39 is 5.54 Å². The van der Waals surface area contributed by atoms with E-state index in [-0.39, 0.29) is 5.91 Å². The lowest BCUT2D eigenvalue weighted by Crippen LogP contribution is -2.60. The van der Waals surface area contributed by atoms with Gasteiger partial charge in [0.15, 0.2) is 0 Å². The number of hydrogen-bond donors (Lipinski definition) is 1. The topological polar surface area (TPSA) is 46.3 Å². The third-order valence-electron chi connectivity index (χ3n) is 4.12. The summed E-state index contributed by atoms with van der Waals surface area (Å²) >= 11 is 0. The second-order valence-corrected chi connectivity index (χ2v) is 5.20. The molecule has 2 N–H and O–H groups in total. The summed E-state index contributed by atoms with van der Waals surface area (Å²) in [5.74, 6) is 0.150. The summed E-state index contributed by atoms with van der Waals surface area (Å²) in [7, 11) is 0. The molecular weight excluding hydrogens is 200 g/mol. The molecule has 1 rings (SSSR count). The van der Waals surface area contributed by atoms with Crippen molar-refractivity contribution in [2.24, 2.45) is 5.73 Å². The first-order valence-electron chi connectivity index (χ1n) is 6.58. The van der Waals surface area contributed by atoms with Crippen LogP contribution in [-0.4, -0.2) is 28.4 Å². The van der Waals surface area contributed by atoms with Crippen molar-refractivity contribution >= 4 is 5.91 Å². The zero-order valence-electron chi connectivity index (χ0n) is 11.1. The van der Waals surface area contributed by atoms with Crippen LogP contribution in [0.15, 0.2) is 0 Å². The molecule has 0 aromatic carbocycles. The van der Waals surface area contributed by atoms with Gasteiger partial charge in [0, 0.05) is 12.1 Å². The standard InChI is InChI=1S/C13H26N2O/c1-5-13(14,6-2)12(16)15-10(3)8-7-9-11(15)4/h10-11H,5-9,14H2,1-4H3/t10-,11+. The summed E-state index contributed by atoms with van der Waals surface area (Å²) in [5.41, 5.74) is 5.55. The predicted molar refractivity (Wildman–Crippen MR) is 67.1 cm³/mol. The van der Waals surface area contributed by atoms with Crippen LogP contribution in [0.4, 0.5) is 0 Å². The lowest BCUT2D eigenvalue weighted by molar-refractivity contribution is -0.143. The Hall–Kier alpha value is -0.570. The molecule has 1 aliphatic heterocycles. The van der Waals surface area contributed by atoms with Crippen molar-refractivity contribution < 1.29 is 4.79 Å². The number of piperidine rings is 1. The first kappa shape index (κ1) is 13.5. The summed E-state index contributed by atoms with van der Waals surface area (Å²) < 4.78 is 0. The quantitative estimate of drug-likeness (QED) is 0.802. The summed E-state index contributed by atoms with van der Waals surface area (Å²) in [6.45, 7) is 8.28. The Balaban J connectivity index is 2.85. The molecule has 1 fully saturated rings. The Morgan fingerprint density at radius 1 is 1.25 bits per heavy atom. The maximum Gasteiger partial charge on any atom is 0.243 e. The first-order chi connectivity index (χ1) is 7.46. The van der Waals surface area contributed by atoms with Crippen LogP contribution in [0.2, 0.25) is 0 Å². The van der Waals surface area contributed by atoms with Crippen LogP contribution in [0.3, 0.4) is 0 Å². The molecule has 0 unspecified atom stereocenters. The second-order valence-electron chi connectivity index (χ2n) is 5.20. The van der Waals surface area contributed by atoms with Crippen LogP contribution < -0.4 is 5.73 Å². The van der Waals surface area contributed by atoms with Gasteiger partial charge >= 0.3 is 0 Å². The average Bonchev–Trinajstić information content (AvgIpc) is 2.27. The molecule has 94 valence electrons. The Bertz CT molecular complexity index is 238. The van der Waals surface area contributed by atoms with Gasteiger partial charge in [0.05, 0.1) is 5.54 Å². The van der Waals surface area contributed by atoms with Crippen LogP contribution in [0.25, 0.3) is 0 Å². The number of likely N-dealkylation sites (tertiary alicyclic amines) is 1. The van der Waals surface area contributed by atoms with E-state index in [4.69, 9.17) is 5.73 Å². The average molecular weight is 226 g/mol. The minimum atomic E-state index is -0.653. The maximum absolute atomic E-state index is 12.5. The highest BCUT2D eigenvalue weighted by Crippen LogP contribution is 2.26. The third-order valence-corrected chi connectivity index (χ3v) is 4.12. The van der Waals surface area contributed by atoms with Crippen molar-refractivity contribution in [3.63, 3.8) is 0 Å². The molecule has 1 saturated heterocycles. The smallest absolute Gasteiger partial charge is 0.243 e. The molecule has 0 aromatic rings. The van der Waals surface area contributed by atoms with Gasteiger partial charge in [-0.2, -0.15) is 0 Å². The van der Waals surface area contributed by atoms with Gasteiger partial charge in [0.25, 0.3) is 0 Å². The molecule has 1 aliphatic rings. The molecule has 16 heavy (non-hydrogen) atoms. The summed E-state index contributed by atoms with van der Waals surface area (Å²) in [5, 5.41) is 0. The van der Waals surface area contributed by atoms with E-state index in [0.717, 1.165) is 25.7 Å². The van der Waals surface area contributed by atoms with Gasteiger partial charge in [-0.15, -0.1) is 0 Å². The number of hydrogen-bond acceptors (Lipinski definition) is 2. The van der Waals surface area contributed by atoms with Gasteiger partial charge < -0.3 is 10.6 Å². The van der Waals surface area contributed by atoms with E-state index in [1.54, 1.807) is 0 Å². The Morgan fingerprint density at radius 3 is 2.06 bits per heavy atom. The van der Waals surface area contributed by atoms with E-state index in [1.165, 1.54) is 6.42 Å². The van der Waals surface area contributed by atoms with Gasteiger partial charge in [0.1, 0.15) is 0 Å². The van der Waals surface area contributed by atoms with Gasteiger partial charge in [0.2, 0.25) is 5.91 Å². The number of amides is 1. The van der Waals surface area contributed by atoms with Crippen molar-refractivity contribution in [1.82, 2.24) is 4.90 Å². The molecule has 2 atom stereocenters. The van der Waals surface area contributed by atoms with Gasteiger partial charge in [-0.1, -0.05) is 13.8 Å². The van der Waals surface area contributed by atoms with E-state index in [2.05, 4.69) is 13.8 Å². The SMILES string of the molecule is CCC(N)(CC)C(=O)N1[C@H](C)CCC[C@@H]1C. The highest BCUT2D eigenvalue weighted by Gasteiger charge is 2.39. The largest absolute Gasteiger partial charge is 0.336 e. The van der Waals surface area contributed by atoms with Crippen LogP contribution in [0.1, 0.15) is 59.8 Å². The van der Waals surface area contributed by atoms with Crippen molar-refractivity contribution in [2.45, 2.75) is 77.4 Å². The lowest BCUT2D eigenvalue weighted by Gasteiger charge is -2.43. The zero-order valence-corrected chi connectivity index (χ0v) is 11.1. The summed E-state index contributed by atoms with van der Waals surface area (Å²) in [6, 6.07) is 0.689. The highest BCUT2D eigenvalue weighted by atomic mass is 16.2. The van der Waals surface area contributed by atoms with Crippen LogP contribution >= 0.6 is 0 Å². The molecule has 1 heterocycles. The molecule has 0 saturated carbocycles.